The van der Waals surface area contributed by atoms with Gasteiger partial charge in [0.2, 0.25) is 0 Å². The minimum absolute atomic E-state index is 0.553. The summed E-state index contributed by atoms with van der Waals surface area (Å²) in [6.45, 7) is 12.8. The lowest BCUT2D eigenvalue weighted by Gasteiger charge is -2.58. The minimum Gasteiger partial charge on any atom is -0.0845 e. The van der Waals surface area contributed by atoms with Crippen molar-refractivity contribution in [3.63, 3.8) is 0 Å². The maximum Gasteiger partial charge on any atom is 0.105 e. The molecule has 28 heavy (non-hydrogen) atoms. The smallest absolute Gasteiger partial charge is 0.0845 e. The van der Waals surface area contributed by atoms with Crippen LogP contribution in [0, 0.1) is 46.3 Å². The molecule has 4 aliphatic carbocycles. The third kappa shape index (κ3) is 3.45. The van der Waals surface area contributed by atoms with E-state index < -0.39 is 0 Å². The van der Waals surface area contributed by atoms with Gasteiger partial charge in [0.15, 0.2) is 0 Å². The van der Waals surface area contributed by atoms with E-state index in [1.807, 2.05) is 5.57 Å². The van der Waals surface area contributed by atoms with Crippen LogP contribution in [0.25, 0.3) is 0 Å². The van der Waals surface area contributed by atoms with Crippen molar-refractivity contribution in [2.45, 2.75) is 111 Å². The van der Waals surface area contributed by atoms with Crippen LogP contribution in [0.5, 0.6) is 0 Å². The Kier molecular flexibility index (Phi) is 5.87. The Morgan fingerprint density at radius 3 is 2.54 bits per heavy atom. The van der Waals surface area contributed by atoms with Crippen molar-refractivity contribution in [3.05, 3.63) is 11.6 Å². The lowest BCUT2D eigenvalue weighted by molar-refractivity contribution is -0.0499. The maximum atomic E-state index is 2.75. The normalized spacial score (nSPS) is 46.5. The van der Waals surface area contributed by atoms with Gasteiger partial charge in [-0.05, 0) is 91.3 Å². The van der Waals surface area contributed by atoms with Gasteiger partial charge in [-0.2, -0.15) is 0 Å². The zero-order valence-corrected chi connectivity index (χ0v) is 19.9. The van der Waals surface area contributed by atoms with Crippen LogP contribution in [0.3, 0.4) is 0 Å². The highest BCUT2D eigenvalue weighted by Crippen LogP contribution is 2.67. The largest absolute Gasteiger partial charge is 0.105 e. The Morgan fingerprint density at radius 1 is 1.00 bits per heavy atom. The first-order chi connectivity index (χ1) is 13.3. The molecule has 0 radical (unpaired) electrons. The minimum atomic E-state index is 0.553. The second-order valence-electron chi connectivity index (χ2n) is 12.6. The number of allylic oxidation sites excluding steroid dienone is 2. The summed E-state index contributed by atoms with van der Waals surface area (Å²) in [5.74, 6) is 6.73. The number of hydrogen-bond donors (Lipinski definition) is 0. The second-order valence-corrected chi connectivity index (χ2v) is 12.6. The molecule has 0 nitrogen and oxygen atoms in total. The lowest BCUT2D eigenvalue weighted by atomic mass is 9.46. The van der Waals surface area contributed by atoms with Crippen LogP contribution >= 0.6 is 0 Å². The zero-order chi connectivity index (χ0) is 20.1. The molecule has 0 amide bonds. The summed E-state index contributed by atoms with van der Waals surface area (Å²) in [7, 11) is 2.48. The highest BCUT2D eigenvalue weighted by atomic mass is 14.6. The van der Waals surface area contributed by atoms with E-state index in [0.29, 0.717) is 10.8 Å². The van der Waals surface area contributed by atoms with Crippen LogP contribution < -0.4 is 0 Å². The fraction of sp³-hybridized carbons (Fsp3) is 0.926. The molecule has 0 N–H and O–H groups in total. The van der Waals surface area contributed by atoms with Crippen LogP contribution in [0.15, 0.2) is 11.6 Å². The van der Waals surface area contributed by atoms with E-state index in [-0.39, 0.29) is 0 Å². The van der Waals surface area contributed by atoms with E-state index in [4.69, 9.17) is 0 Å². The zero-order valence-electron chi connectivity index (χ0n) is 19.9. The molecule has 0 heterocycles. The van der Waals surface area contributed by atoms with Gasteiger partial charge in [-0.3, -0.25) is 0 Å². The SMILES string of the molecule is B[C@H]1CC[C@@]2(C)C(=CCC3C4CCC([C@H](C)CCCC(C)C)[C@@]4(C)CCC32)C1. The standard InChI is InChI=1S/C27H47B/c1-18(2)7-6-8-19(3)23-11-12-24-22-10-9-20-17-21(28)13-15-26(20,4)25(22)14-16-27(23,24)5/h9,18-19,21-25H,6-8,10-17,28H2,1-5H3/t19-,21+,22?,23?,24?,25?,26+,27-/m1/s1. The van der Waals surface area contributed by atoms with Gasteiger partial charge in [-0.15, -0.1) is 0 Å². The maximum absolute atomic E-state index is 2.75. The van der Waals surface area contributed by atoms with E-state index in [1.165, 1.54) is 70.6 Å². The van der Waals surface area contributed by atoms with Crippen molar-refractivity contribution in [1.82, 2.24) is 0 Å². The van der Waals surface area contributed by atoms with E-state index in [1.54, 1.807) is 0 Å². The van der Waals surface area contributed by atoms with Gasteiger partial charge in [0, 0.05) is 0 Å². The van der Waals surface area contributed by atoms with Crippen molar-refractivity contribution in [3.8, 4) is 0 Å². The molecule has 4 unspecified atom stereocenters. The van der Waals surface area contributed by atoms with E-state index >= 15 is 0 Å². The molecule has 8 atom stereocenters. The third-order valence-corrected chi connectivity index (χ3v) is 10.6. The van der Waals surface area contributed by atoms with Crippen molar-refractivity contribution >= 4 is 7.85 Å². The topological polar surface area (TPSA) is 0 Å². The molecule has 0 aliphatic heterocycles. The highest BCUT2D eigenvalue weighted by Gasteiger charge is 2.58. The molecule has 0 spiro atoms. The van der Waals surface area contributed by atoms with Crippen LogP contribution in [0.4, 0.5) is 0 Å². The Hall–Kier alpha value is -0.195. The van der Waals surface area contributed by atoms with Gasteiger partial charge < -0.3 is 0 Å². The van der Waals surface area contributed by atoms with Gasteiger partial charge in [-0.1, -0.05) is 77.8 Å². The Bertz CT molecular complexity index is 591. The average Bonchev–Trinajstić information content (AvgIpc) is 2.99. The summed E-state index contributed by atoms with van der Waals surface area (Å²) in [5.41, 5.74) is 3.06. The molecule has 0 aromatic heterocycles. The fourth-order valence-corrected chi connectivity index (χ4v) is 8.87. The quantitative estimate of drug-likeness (QED) is 0.342. The van der Waals surface area contributed by atoms with Crippen molar-refractivity contribution in [2.24, 2.45) is 46.3 Å². The monoisotopic (exact) mass is 382 g/mol. The first-order valence-corrected chi connectivity index (χ1v) is 12.9. The molecule has 3 saturated carbocycles. The molecule has 0 bridgehead atoms. The second kappa shape index (κ2) is 7.81. The van der Waals surface area contributed by atoms with Crippen LogP contribution in [0.1, 0.15) is 105 Å². The Balaban J connectivity index is 1.49. The summed E-state index contributed by atoms with van der Waals surface area (Å²) in [6, 6.07) is 0. The van der Waals surface area contributed by atoms with Gasteiger partial charge in [-0.25, -0.2) is 0 Å². The predicted molar refractivity (Wildman–Crippen MR) is 125 cm³/mol. The third-order valence-electron chi connectivity index (χ3n) is 10.6. The molecule has 0 aromatic carbocycles. The summed E-state index contributed by atoms with van der Waals surface area (Å²) < 4.78 is 0. The van der Waals surface area contributed by atoms with Crippen molar-refractivity contribution < 1.29 is 0 Å². The van der Waals surface area contributed by atoms with Crippen LogP contribution in [-0.2, 0) is 0 Å². The molecule has 0 aromatic rings. The fourth-order valence-electron chi connectivity index (χ4n) is 8.87. The lowest BCUT2D eigenvalue weighted by Crippen LogP contribution is -2.50. The van der Waals surface area contributed by atoms with Gasteiger partial charge in [0.25, 0.3) is 0 Å². The summed E-state index contributed by atoms with van der Waals surface area (Å²) >= 11 is 0. The number of fused-ring (bicyclic) bond motifs is 5. The summed E-state index contributed by atoms with van der Waals surface area (Å²) in [5, 5.41) is 0. The first-order valence-electron chi connectivity index (χ1n) is 12.9. The molecule has 158 valence electrons. The first kappa shape index (κ1) is 21.1. The predicted octanol–water partition coefficient (Wildman–Crippen LogP) is 7.45. The molecule has 3 fully saturated rings. The van der Waals surface area contributed by atoms with Gasteiger partial charge in [0.1, 0.15) is 7.85 Å². The van der Waals surface area contributed by atoms with Crippen LogP contribution in [0.2, 0.25) is 5.82 Å². The summed E-state index contributed by atoms with van der Waals surface area (Å²) in [6.07, 6.45) is 19.0. The number of rotatable bonds is 5. The average molecular weight is 382 g/mol. The van der Waals surface area contributed by atoms with Crippen molar-refractivity contribution in [2.75, 3.05) is 0 Å². The van der Waals surface area contributed by atoms with Gasteiger partial charge in [0.05, 0.1) is 0 Å². The van der Waals surface area contributed by atoms with E-state index in [0.717, 1.165) is 41.3 Å². The van der Waals surface area contributed by atoms with E-state index in [9.17, 15) is 0 Å². The molecule has 4 aliphatic rings. The van der Waals surface area contributed by atoms with Crippen LogP contribution in [-0.4, -0.2) is 7.85 Å². The highest BCUT2D eigenvalue weighted by molar-refractivity contribution is 6.11. The van der Waals surface area contributed by atoms with E-state index in [2.05, 4.69) is 48.5 Å². The number of hydrogen-bond acceptors (Lipinski definition) is 0. The Morgan fingerprint density at radius 2 is 1.79 bits per heavy atom. The van der Waals surface area contributed by atoms with Gasteiger partial charge >= 0.3 is 0 Å². The molecule has 0 saturated heterocycles. The van der Waals surface area contributed by atoms with Crippen molar-refractivity contribution in [1.29, 1.82) is 0 Å². The molecule has 1 heteroatoms. The summed E-state index contributed by atoms with van der Waals surface area (Å²) in [4.78, 5) is 0. The molecular formula is C27H47B. The molecular weight excluding hydrogens is 335 g/mol. The Labute approximate surface area is 177 Å². The molecule has 4 rings (SSSR count).